The Hall–Kier alpha value is -2.05. The van der Waals surface area contributed by atoms with Crippen LogP contribution in [-0.4, -0.2) is 29.4 Å². The lowest BCUT2D eigenvalue weighted by Crippen LogP contribution is -2.22. The predicted molar refractivity (Wildman–Crippen MR) is 78.3 cm³/mol. The van der Waals surface area contributed by atoms with Gasteiger partial charge >= 0.3 is 7.32 Å². The standard InChI is InChI=1S/C14H17BN2O3/c1-11-8-13(20-15(18)19)9-16-14(11)17(2)10-12-6-4-3-5-7-12/h3-9,18-19H,10H2,1-2H3. The van der Waals surface area contributed by atoms with Crippen molar-refractivity contribution in [1.29, 1.82) is 0 Å². The van der Waals surface area contributed by atoms with E-state index in [1.807, 2.05) is 37.1 Å². The first-order valence-corrected chi connectivity index (χ1v) is 6.31. The van der Waals surface area contributed by atoms with Crippen molar-refractivity contribution < 1.29 is 14.7 Å². The summed E-state index contributed by atoms with van der Waals surface area (Å²) in [5, 5.41) is 17.5. The molecule has 0 unspecified atom stereocenters. The number of anilines is 1. The zero-order valence-corrected chi connectivity index (χ0v) is 11.5. The lowest BCUT2D eigenvalue weighted by molar-refractivity contribution is 0.287. The molecule has 0 spiro atoms. The van der Waals surface area contributed by atoms with E-state index in [0.29, 0.717) is 5.75 Å². The molecule has 20 heavy (non-hydrogen) atoms. The van der Waals surface area contributed by atoms with Gasteiger partial charge in [0.05, 0.1) is 6.20 Å². The Morgan fingerprint density at radius 3 is 2.55 bits per heavy atom. The summed E-state index contributed by atoms with van der Waals surface area (Å²) in [6, 6.07) is 11.8. The Bertz CT molecular complexity index is 564. The van der Waals surface area contributed by atoms with Crippen LogP contribution in [0.1, 0.15) is 11.1 Å². The number of hydrogen-bond donors (Lipinski definition) is 2. The summed E-state index contributed by atoms with van der Waals surface area (Å²) < 4.78 is 4.78. The molecule has 104 valence electrons. The maximum Gasteiger partial charge on any atom is 0.707 e. The molecule has 2 rings (SSSR count). The number of nitrogens with zero attached hydrogens (tertiary/aromatic N) is 2. The summed E-state index contributed by atoms with van der Waals surface area (Å²) in [4.78, 5) is 6.34. The number of pyridine rings is 1. The van der Waals surface area contributed by atoms with Gasteiger partial charge in [-0.1, -0.05) is 30.3 Å². The first kappa shape index (κ1) is 14.4. The number of benzene rings is 1. The van der Waals surface area contributed by atoms with Crippen molar-refractivity contribution in [3.05, 3.63) is 53.7 Å². The van der Waals surface area contributed by atoms with Gasteiger partial charge in [0, 0.05) is 13.6 Å². The first-order valence-electron chi connectivity index (χ1n) is 6.31. The van der Waals surface area contributed by atoms with Crippen LogP contribution in [-0.2, 0) is 6.54 Å². The van der Waals surface area contributed by atoms with Crippen LogP contribution >= 0.6 is 0 Å². The Morgan fingerprint density at radius 1 is 1.25 bits per heavy atom. The molecule has 1 heterocycles. The van der Waals surface area contributed by atoms with Crippen molar-refractivity contribution in [2.45, 2.75) is 13.5 Å². The third kappa shape index (κ3) is 3.72. The van der Waals surface area contributed by atoms with Crippen molar-refractivity contribution in [3.8, 4) is 5.75 Å². The molecule has 0 fully saturated rings. The lowest BCUT2D eigenvalue weighted by atomic mass is 10.2. The highest BCUT2D eigenvalue weighted by Gasteiger charge is 2.13. The van der Waals surface area contributed by atoms with Gasteiger partial charge in [0.15, 0.2) is 0 Å². The predicted octanol–water partition coefficient (Wildman–Crippen LogP) is 1.37. The molecule has 0 aliphatic carbocycles. The molecule has 0 saturated heterocycles. The van der Waals surface area contributed by atoms with Crippen LogP contribution in [0.3, 0.4) is 0 Å². The molecule has 0 bridgehead atoms. The summed E-state index contributed by atoms with van der Waals surface area (Å²) in [6.45, 7) is 2.65. The maximum atomic E-state index is 8.77. The molecule has 2 aromatic rings. The van der Waals surface area contributed by atoms with Gasteiger partial charge in [-0.05, 0) is 24.1 Å². The summed E-state index contributed by atoms with van der Waals surface area (Å²) >= 11 is 0. The monoisotopic (exact) mass is 272 g/mol. The van der Waals surface area contributed by atoms with Gasteiger partial charge in [-0.25, -0.2) is 4.98 Å². The van der Waals surface area contributed by atoms with Crippen molar-refractivity contribution in [2.24, 2.45) is 0 Å². The van der Waals surface area contributed by atoms with Gasteiger partial charge in [-0.2, -0.15) is 0 Å². The van der Waals surface area contributed by atoms with Gasteiger partial charge < -0.3 is 19.6 Å². The minimum absolute atomic E-state index is 0.328. The number of rotatable bonds is 5. The van der Waals surface area contributed by atoms with Crippen LogP contribution in [0, 0.1) is 6.92 Å². The highest BCUT2D eigenvalue weighted by molar-refractivity contribution is 6.33. The van der Waals surface area contributed by atoms with E-state index in [2.05, 4.69) is 17.1 Å². The molecule has 2 N–H and O–H groups in total. The first-order chi connectivity index (χ1) is 9.56. The largest absolute Gasteiger partial charge is 0.707 e. The zero-order valence-electron chi connectivity index (χ0n) is 11.5. The molecule has 0 amide bonds. The maximum absolute atomic E-state index is 8.77. The van der Waals surface area contributed by atoms with Crippen LogP contribution < -0.4 is 9.55 Å². The van der Waals surface area contributed by atoms with Crippen molar-refractivity contribution >= 4 is 13.1 Å². The number of aryl methyl sites for hydroxylation is 1. The van der Waals surface area contributed by atoms with Gasteiger partial charge in [-0.15, -0.1) is 0 Å². The average molecular weight is 272 g/mol. The second kappa shape index (κ2) is 6.41. The van der Waals surface area contributed by atoms with E-state index in [-0.39, 0.29) is 0 Å². The minimum atomic E-state index is -1.83. The molecule has 0 atom stereocenters. The molecule has 0 aliphatic heterocycles. The highest BCUT2D eigenvalue weighted by atomic mass is 16.6. The van der Waals surface area contributed by atoms with E-state index in [4.69, 9.17) is 14.7 Å². The lowest BCUT2D eigenvalue weighted by Gasteiger charge is -2.20. The molecule has 6 heteroatoms. The normalized spacial score (nSPS) is 10.2. The molecule has 0 radical (unpaired) electrons. The van der Waals surface area contributed by atoms with Crippen molar-refractivity contribution in [2.75, 3.05) is 11.9 Å². The molecular formula is C14H17BN2O3. The molecular weight excluding hydrogens is 255 g/mol. The molecule has 0 aliphatic rings. The number of aromatic nitrogens is 1. The molecule has 5 nitrogen and oxygen atoms in total. The molecule has 0 saturated carbocycles. The fourth-order valence-corrected chi connectivity index (χ4v) is 2.06. The summed E-state index contributed by atoms with van der Waals surface area (Å²) in [6.07, 6.45) is 1.48. The Kier molecular flexibility index (Phi) is 4.60. The van der Waals surface area contributed by atoms with Crippen LogP contribution in [0.2, 0.25) is 0 Å². The van der Waals surface area contributed by atoms with Gasteiger partial charge in [0.25, 0.3) is 0 Å². The summed E-state index contributed by atoms with van der Waals surface area (Å²) in [5.41, 5.74) is 2.10. The van der Waals surface area contributed by atoms with E-state index < -0.39 is 7.32 Å². The topological polar surface area (TPSA) is 65.8 Å². The quantitative estimate of drug-likeness (QED) is 0.805. The van der Waals surface area contributed by atoms with E-state index >= 15 is 0 Å². The average Bonchev–Trinajstić information content (AvgIpc) is 2.39. The summed E-state index contributed by atoms with van der Waals surface area (Å²) in [7, 11) is 0.133. The van der Waals surface area contributed by atoms with Gasteiger partial charge in [0.2, 0.25) is 0 Å². The molecule has 1 aromatic heterocycles. The number of hydrogen-bond acceptors (Lipinski definition) is 5. The Balaban J connectivity index is 2.12. The van der Waals surface area contributed by atoms with Crippen molar-refractivity contribution in [3.63, 3.8) is 0 Å². The van der Waals surface area contributed by atoms with E-state index in [9.17, 15) is 0 Å². The minimum Gasteiger partial charge on any atom is -0.511 e. The fraction of sp³-hybridized carbons (Fsp3) is 0.214. The fourth-order valence-electron chi connectivity index (χ4n) is 2.06. The van der Waals surface area contributed by atoms with Crippen LogP contribution in [0.5, 0.6) is 5.75 Å². The van der Waals surface area contributed by atoms with E-state index in [0.717, 1.165) is 17.9 Å². The van der Waals surface area contributed by atoms with Crippen molar-refractivity contribution in [1.82, 2.24) is 4.98 Å². The van der Waals surface area contributed by atoms with Crippen LogP contribution in [0.4, 0.5) is 5.82 Å². The van der Waals surface area contributed by atoms with Crippen LogP contribution in [0.15, 0.2) is 42.6 Å². The summed E-state index contributed by atoms with van der Waals surface area (Å²) in [5.74, 6) is 1.16. The van der Waals surface area contributed by atoms with Gasteiger partial charge in [-0.3, -0.25) is 0 Å². The second-order valence-electron chi connectivity index (χ2n) is 4.60. The molecule has 1 aromatic carbocycles. The van der Waals surface area contributed by atoms with E-state index in [1.165, 1.54) is 11.8 Å². The van der Waals surface area contributed by atoms with Gasteiger partial charge in [0.1, 0.15) is 11.6 Å². The van der Waals surface area contributed by atoms with E-state index in [1.54, 1.807) is 6.07 Å². The highest BCUT2D eigenvalue weighted by Crippen LogP contribution is 2.22. The zero-order chi connectivity index (χ0) is 14.5. The Morgan fingerprint density at radius 2 is 1.95 bits per heavy atom. The third-order valence-electron chi connectivity index (χ3n) is 2.89. The third-order valence-corrected chi connectivity index (χ3v) is 2.89. The smallest absolute Gasteiger partial charge is 0.511 e. The second-order valence-corrected chi connectivity index (χ2v) is 4.60. The Labute approximate surface area is 118 Å². The SMILES string of the molecule is Cc1cc(OB(O)O)cnc1N(C)Cc1ccccc1. The van der Waals surface area contributed by atoms with Crippen LogP contribution in [0.25, 0.3) is 0 Å².